The molecule has 0 radical (unpaired) electrons. The van der Waals surface area contributed by atoms with Crippen LogP contribution >= 0.6 is 0 Å². The molecule has 0 saturated carbocycles. The zero-order valence-electron chi connectivity index (χ0n) is 28.2. The van der Waals surface area contributed by atoms with Crippen LogP contribution in [0.5, 0.6) is 0 Å². The maximum atomic E-state index is 6.75. The SMILES string of the molecule is c1ccc2cc(-c3nc(-n4c5ccccc5c5cc6c7cc8ccccc8cc7n7c8ccccc8c(c54)c67)c4oc5ccccc5c4n3)ccc2c1. The molecule has 5 nitrogen and oxygen atoms in total. The predicted molar refractivity (Wildman–Crippen MR) is 219 cm³/mol. The monoisotopic (exact) mass is 674 g/mol. The summed E-state index contributed by atoms with van der Waals surface area (Å²) in [5.41, 5.74) is 9.04. The molecule has 5 heterocycles. The highest BCUT2D eigenvalue weighted by atomic mass is 16.3. The summed E-state index contributed by atoms with van der Waals surface area (Å²) in [5, 5.41) is 13.1. The van der Waals surface area contributed by atoms with E-state index in [1.807, 2.05) is 18.2 Å². The molecular weight excluding hydrogens is 649 g/mol. The average molecular weight is 675 g/mol. The minimum Gasteiger partial charge on any atom is -0.450 e. The molecular formula is C48H26N4O. The molecule has 0 unspecified atom stereocenters. The second-order valence-corrected chi connectivity index (χ2v) is 14.2. The van der Waals surface area contributed by atoms with E-state index in [-0.39, 0.29) is 0 Å². The van der Waals surface area contributed by atoms with Gasteiger partial charge in [0.1, 0.15) is 11.1 Å². The molecule has 0 N–H and O–H groups in total. The number of rotatable bonds is 2. The standard InChI is InChI=1S/C48H26N4O/c1-2-12-28-23-31(22-21-27(28)11-1)47-49-43-34-17-7-10-20-41(34)53-46(43)48(50-47)52-38-18-8-5-15-32(38)36-26-37-35-24-29-13-3-4-14-30(29)25-40(35)51-39-19-9-6-16-33(39)42(44(37)51)45(36)52/h1-26H. The van der Waals surface area contributed by atoms with Crippen LogP contribution in [-0.4, -0.2) is 18.9 Å². The van der Waals surface area contributed by atoms with Gasteiger partial charge in [0.15, 0.2) is 17.2 Å². The summed E-state index contributed by atoms with van der Waals surface area (Å²) in [5.74, 6) is 1.39. The van der Waals surface area contributed by atoms with Crippen LogP contribution in [0.4, 0.5) is 0 Å². The first kappa shape index (κ1) is 27.5. The van der Waals surface area contributed by atoms with E-state index in [0.717, 1.165) is 44.3 Å². The molecule has 244 valence electrons. The lowest BCUT2D eigenvalue weighted by atomic mass is 10.0. The number of hydrogen-bond acceptors (Lipinski definition) is 3. The van der Waals surface area contributed by atoms with Crippen molar-refractivity contribution in [1.82, 2.24) is 18.9 Å². The van der Waals surface area contributed by atoms with Crippen molar-refractivity contribution in [2.24, 2.45) is 0 Å². The van der Waals surface area contributed by atoms with Gasteiger partial charge in [-0.15, -0.1) is 0 Å². The minimum atomic E-state index is 0.662. The molecule has 13 aromatic rings. The summed E-state index contributed by atoms with van der Waals surface area (Å²) in [4.78, 5) is 10.7. The fourth-order valence-corrected chi connectivity index (χ4v) is 9.09. The second-order valence-electron chi connectivity index (χ2n) is 14.2. The van der Waals surface area contributed by atoms with Gasteiger partial charge in [-0.05, 0) is 70.1 Å². The van der Waals surface area contributed by atoms with E-state index in [1.54, 1.807) is 0 Å². The summed E-state index contributed by atoms with van der Waals surface area (Å²) in [6, 6.07) is 56.4. The lowest BCUT2D eigenvalue weighted by Crippen LogP contribution is -2.02. The molecule has 0 spiro atoms. The van der Waals surface area contributed by atoms with Crippen LogP contribution in [0.25, 0.3) is 121 Å². The van der Waals surface area contributed by atoms with Crippen LogP contribution in [0.15, 0.2) is 162 Å². The third-order valence-corrected chi connectivity index (χ3v) is 11.4. The fraction of sp³-hybridized carbons (Fsp3) is 0. The summed E-state index contributed by atoms with van der Waals surface area (Å²) in [6.07, 6.45) is 0. The van der Waals surface area contributed by atoms with Crippen molar-refractivity contribution in [2.75, 3.05) is 0 Å². The second kappa shape index (κ2) is 9.75. The van der Waals surface area contributed by atoms with Gasteiger partial charge in [-0.2, -0.15) is 0 Å². The summed E-state index contributed by atoms with van der Waals surface area (Å²) in [7, 11) is 0. The van der Waals surface area contributed by atoms with Crippen LogP contribution in [0.2, 0.25) is 0 Å². The molecule has 0 fully saturated rings. The molecule has 0 bridgehead atoms. The van der Waals surface area contributed by atoms with E-state index < -0.39 is 0 Å². The van der Waals surface area contributed by atoms with Gasteiger partial charge in [-0.25, -0.2) is 9.97 Å². The minimum absolute atomic E-state index is 0.662. The molecule has 5 heteroatoms. The van der Waals surface area contributed by atoms with Crippen LogP contribution in [0.3, 0.4) is 0 Å². The number of fused-ring (bicyclic) bond motifs is 15. The number of hydrogen-bond donors (Lipinski definition) is 0. The summed E-state index contributed by atoms with van der Waals surface area (Å²) < 4.78 is 11.6. The van der Waals surface area contributed by atoms with E-state index in [4.69, 9.17) is 14.4 Å². The average Bonchev–Trinajstić information content (AvgIpc) is 3.95. The molecule has 0 atom stereocenters. The highest BCUT2D eigenvalue weighted by Crippen LogP contribution is 2.47. The Balaban J connectivity index is 1.25. The summed E-state index contributed by atoms with van der Waals surface area (Å²) >= 11 is 0. The zero-order valence-corrected chi connectivity index (χ0v) is 28.2. The van der Waals surface area contributed by atoms with Gasteiger partial charge in [0.05, 0.1) is 27.6 Å². The number of nitrogens with zero attached hydrogens (tertiary/aromatic N) is 4. The predicted octanol–water partition coefficient (Wildman–Crippen LogP) is 12.6. The van der Waals surface area contributed by atoms with Crippen LogP contribution in [-0.2, 0) is 0 Å². The van der Waals surface area contributed by atoms with Gasteiger partial charge in [0, 0.05) is 43.3 Å². The smallest absolute Gasteiger partial charge is 0.197 e. The Hall–Kier alpha value is -7.24. The Bertz CT molecular complexity index is 3700. The van der Waals surface area contributed by atoms with Crippen LogP contribution in [0.1, 0.15) is 0 Å². The quantitative estimate of drug-likeness (QED) is 0.183. The highest BCUT2D eigenvalue weighted by Gasteiger charge is 2.27. The first-order chi connectivity index (χ1) is 26.3. The third kappa shape index (κ3) is 3.51. The van der Waals surface area contributed by atoms with Gasteiger partial charge in [-0.1, -0.05) is 109 Å². The van der Waals surface area contributed by atoms with Gasteiger partial charge < -0.3 is 8.82 Å². The maximum Gasteiger partial charge on any atom is 0.197 e. The lowest BCUT2D eigenvalue weighted by Gasteiger charge is -2.11. The Kier molecular flexibility index (Phi) is 5.06. The topological polar surface area (TPSA) is 48.3 Å². The first-order valence-corrected chi connectivity index (χ1v) is 18.0. The molecule has 5 aromatic heterocycles. The molecule has 0 aliphatic carbocycles. The molecule has 13 rings (SSSR count). The first-order valence-electron chi connectivity index (χ1n) is 18.0. The molecule has 0 aliphatic heterocycles. The summed E-state index contributed by atoms with van der Waals surface area (Å²) in [6.45, 7) is 0. The van der Waals surface area contributed by atoms with Crippen molar-refractivity contribution < 1.29 is 4.42 Å². The molecule has 0 amide bonds. The van der Waals surface area contributed by atoms with Crippen LogP contribution in [0, 0.1) is 0 Å². The Morgan fingerprint density at radius 3 is 1.94 bits per heavy atom. The Morgan fingerprint density at radius 2 is 1.09 bits per heavy atom. The highest BCUT2D eigenvalue weighted by molar-refractivity contribution is 6.34. The van der Waals surface area contributed by atoms with Gasteiger partial charge >= 0.3 is 0 Å². The van der Waals surface area contributed by atoms with Crippen molar-refractivity contribution in [3.05, 3.63) is 158 Å². The number of benzene rings is 8. The van der Waals surface area contributed by atoms with Crippen molar-refractivity contribution >= 4 is 104 Å². The van der Waals surface area contributed by atoms with E-state index >= 15 is 0 Å². The van der Waals surface area contributed by atoms with Crippen molar-refractivity contribution in [1.29, 1.82) is 0 Å². The molecule has 0 saturated heterocycles. The van der Waals surface area contributed by atoms with E-state index in [1.165, 1.54) is 65.0 Å². The largest absolute Gasteiger partial charge is 0.450 e. The van der Waals surface area contributed by atoms with Crippen molar-refractivity contribution in [3.63, 3.8) is 0 Å². The van der Waals surface area contributed by atoms with E-state index in [0.29, 0.717) is 11.4 Å². The van der Waals surface area contributed by atoms with Crippen molar-refractivity contribution in [3.8, 4) is 17.2 Å². The zero-order chi connectivity index (χ0) is 34.4. The molecule has 53 heavy (non-hydrogen) atoms. The van der Waals surface area contributed by atoms with Crippen molar-refractivity contribution in [2.45, 2.75) is 0 Å². The number of furan rings is 1. The fourth-order valence-electron chi connectivity index (χ4n) is 9.09. The van der Waals surface area contributed by atoms with Gasteiger partial charge in [0.2, 0.25) is 0 Å². The van der Waals surface area contributed by atoms with E-state index in [2.05, 4.69) is 148 Å². The van der Waals surface area contributed by atoms with Crippen LogP contribution < -0.4 is 0 Å². The molecule has 0 aliphatic rings. The normalized spacial score (nSPS) is 12.5. The Morgan fingerprint density at radius 1 is 0.434 bits per heavy atom. The van der Waals surface area contributed by atoms with E-state index in [9.17, 15) is 0 Å². The number of aromatic nitrogens is 4. The maximum absolute atomic E-state index is 6.75. The van der Waals surface area contributed by atoms with Gasteiger partial charge in [-0.3, -0.25) is 4.57 Å². The van der Waals surface area contributed by atoms with Gasteiger partial charge in [0.25, 0.3) is 0 Å². The Labute approximate surface area is 300 Å². The molecule has 8 aromatic carbocycles. The third-order valence-electron chi connectivity index (χ3n) is 11.4. The lowest BCUT2D eigenvalue weighted by molar-refractivity contribution is 0.662. The number of para-hydroxylation sites is 3.